The molecule has 0 bridgehead atoms. The maximum Gasteiger partial charge on any atom is 0.297 e. The van der Waals surface area contributed by atoms with Crippen LogP contribution in [0.2, 0.25) is 0 Å². The minimum absolute atomic E-state index is 0.0361. The summed E-state index contributed by atoms with van der Waals surface area (Å²) in [6.45, 7) is 8.91. The number of aryl methyl sites for hydroxylation is 1. The molecule has 1 heterocycles. The van der Waals surface area contributed by atoms with Crippen LogP contribution >= 0.6 is 12.6 Å². The maximum atomic E-state index is 15.5. The number of imidazole rings is 1. The molecule has 5 nitrogen and oxygen atoms in total. The average Bonchev–Trinajstić information content (AvgIpc) is 3.11. The molecular formula is C27H34FN3O2S. The van der Waals surface area contributed by atoms with Gasteiger partial charge in [0.1, 0.15) is 5.82 Å². The van der Waals surface area contributed by atoms with Crippen molar-refractivity contribution in [2.24, 2.45) is 11.8 Å². The first-order valence-corrected chi connectivity index (χ1v) is 12.4. The van der Waals surface area contributed by atoms with Gasteiger partial charge in [-0.25, -0.2) is 9.37 Å². The quantitative estimate of drug-likeness (QED) is 0.346. The molecule has 1 atom stereocenters. The predicted molar refractivity (Wildman–Crippen MR) is 138 cm³/mol. The van der Waals surface area contributed by atoms with Gasteiger partial charge in [-0.05, 0) is 31.7 Å². The Bertz CT molecular complexity index is 1100. The monoisotopic (exact) mass is 483 g/mol. The van der Waals surface area contributed by atoms with E-state index in [1.807, 2.05) is 54.8 Å². The number of rotatable bonds is 11. The molecule has 0 fully saturated rings. The van der Waals surface area contributed by atoms with Gasteiger partial charge in [0.2, 0.25) is 5.91 Å². The number of aromatic nitrogens is 2. The van der Waals surface area contributed by atoms with E-state index < -0.39 is 0 Å². The van der Waals surface area contributed by atoms with Gasteiger partial charge in [0.25, 0.3) is 6.01 Å². The van der Waals surface area contributed by atoms with E-state index in [2.05, 4.69) is 36.8 Å². The normalized spacial score (nSPS) is 12.1. The van der Waals surface area contributed by atoms with Crippen LogP contribution in [0.25, 0.3) is 11.1 Å². The highest BCUT2D eigenvalue weighted by atomic mass is 32.1. The summed E-state index contributed by atoms with van der Waals surface area (Å²) < 4.78 is 23.1. The first-order valence-electron chi connectivity index (χ1n) is 11.8. The van der Waals surface area contributed by atoms with Crippen LogP contribution in [0.15, 0.2) is 48.5 Å². The van der Waals surface area contributed by atoms with Crippen molar-refractivity contribution in [2.75, 3.05) is 12.4 Å². The van der Waals surface area contributed by atoms with E-state index in [0.29, 0.717) is 35.4 Å². The molecular weight excluding hydrogens is 449 g/mol. The van der Waals surface area contributed by atoms with Crippen molar-refractivity contribution in [3.63, 3.8) is 0 Å². The summed E-state index contributed by atoms with van der Waals surface area (Å²) in [5.74, 6) is 0.422. The lowest BCUT2D eigenvalue weighted by Gasteiger charge is -2.18. The summed E-state index contributed by atoms with van der Waals surface area (Å²) >= 11 is 4.36. The van der Waals surface area contributed by atoms with Gasteiger partial charge in [-0.15, -0.1) is 0 Å². The molecule has 2 aromatic carbocycles. The third-order valence-corrected chi connectivity index (χ3v) is 6.22. The number of nitrogens with zero attached hydrogens (tertiary/aromatic N) is 2. The topological polar surface area (TPSA) is 56.1 Å². The molecule has 7 heteroatoms. The smallest absolute Gasteiger partial charge is 0.297 e. The Balaban J connectivity index is 1.89. The number of halogens is 1. The van der Waals surface area contributed by atoms with Gasteiger partial charge in [0.15, 0.2) is 0 Å². The van der Waals surface area contributed by atoms with Crippen LogP contribution in [0.3, 0.4) is 0 Å². The van der Waals surface area contributed by atoms with Crippen LogP contribution in [-0.2, 0) is 17.9 Å². The minimum atomic E-state index is -0.274. The predicted octanol–water partition coefficient (Wildman–Crippen LogP) is 5.65. The zero-order valence-electron chi connectivity index (χ0n) is 20.3. The van der Waals surface area contributed by atoms with E-state index in [4.69, 9.17) is 4.74 Å². The van der Waals surface area contributed by atoms with Crippen LogP contribution in [-0.4, -0.2) is 27.8 Å². The van der Waals surface area contributed by atoms with Crippen molar-refractivity contribution in [1.82, 2.24) is 14.9 Å². The second kappa shape index (κ2) is 12.1. The van der Waals surface area contributed by atoms with E-state index in [1.54, 1.807) is 12.1 Å². The fourth-order valence-corrected chi connectivity index (χ4v) is 4.38. The molecule has 0 unspecified atom stereocenters. The molecule has 0 saturated carbocycles. The fourth-order valence-electron chi connectivity index (χ4n) is 4.07. The summed E-state index contributed by atoms with van der Waals surface area (Å²) in [7, 11) is 0. The largest absolute Gasteiger partial charge is 0.465 e. The Kier molecular flexibility index (Phi) is 9.16. The molecule has 3 aromatic rings. The second-order valence-corrected chi connectivity index (χ2v) is 9.18. The van der Waals surface area contributed by atoms with Gasteiger partial charge < -0.3 is 10.1 Å². The zero-order valence-corrected chi connectivity index (χ0v) is 21.2. The first-order chi connectivity index (χ1) is 16.3. The number of hydrogen-bond acceptors (Lipinski definition) is 4. The van der Waals surface area contributed by atoms with Crippen LogP contribution in [0.4, 0.5) is 4.39 Å². The number of hydrogen-bond donors (Lipinski definition) is 2. The third-order valence-electron chi connectivity index (χ3n) is 5.78. The summed E-state index contributed by atoms with van der Waals surface area (Å²) in [6.07, 6.45) is 0.773. The van der Waals surface area contributed by atoms with Crippen molar-refractivity contribution in [3.8, 4) is 17.1 Å². The molecule has 1 amide bonds. The van der Waals surface area contributed by atoms with Crippen molar-refractivity contribution in [2.45, 2.75) is 47.2 Å². The maximum absolute atomic E-state index is 15.5. The Morgan fingerprint density at radius 2 is 1.91 bits per heavy atom. The van der Waals surface area contributed by atoms with Crippen LogP contribution in [0.1, 0.15) is 44.1 Å². The highest BCUT2D eigenvalue weighted by Crippen LogP contribution is 2.27. The SMILES string of the molecule is CCOc1nc(C)c(CNC(=O)[C@@H](CS)CC(C)C)n1Cc1cccc(-c2ccccc2)c1F. The molecule has 0 spiro atoms. The lowest BCUT2D eigenvalue weighted by atomic mass is 9.98. The number of benzene rings is 2. The second-order valence-electron chi connectivity index (χ2n) is 8.82. The molecule has 34 heavy (non-hydrogen) atoms. The molecule has 0 radical (unpaired) electrons. The molecule has 0 aliphatic carbocycles. The number of ether oxygens (including phenoxy) is 1. The minimum Gasteiger partial charge on any atom is -0.465 e. The number of carbonyl (C=O) groups excluding carboxylic acids is 1. The Morgan fingerprint density at radius 1 is 1.18 bits per heavy atom. The number of carbonyl (C=O) groups is 1. The van der Waals surface area contributed by atoms with Crippen molar-refractivity contribution < 1.29 is 13.9 Å². The van der Waals surface area contributed by atoms with E-state index in [-0.39, 0.29) is 30.7 Å². The van der Waals surface area contributed by atoms with E-state index in [1.165, 1.54) is 0 Å². The van der Waals surface area contributed by atoms with E-state index >= 15 is 4.39 Å². The van der Waals surface area contributed by atoms with Crippen molar-refractivity contribution in [3.05, 3.63) is 71.3 Å². The van der Waals surface area contributed by atoms with E-state index in [9.17, 15) is 4.79 Å². The number of nitrogens with one attached hydrogen (secondary N) is 1. The lowest BCUT2D eigenvalue weighted by Crippen LogP contribution is -2.33. The van der Waals surface area contributed by atoms with Crippen LogP contribution < -0.4 is 10.1 Å². The highest BCUT2D eigenvalue weighted by Gasteiger charge is 2.22. The molecule has 0 aliphatic rings. The fraction of sp³-hybridized carbons (Fsp3) is 0.407. The Hall–Kier alpha value is -2.80. The van der Waals surface area contributed by atoms with Gasteiger partial charge >= 0.3 is 0 Å². The van der Waals surface area contributed by atoms with Gasteiger partial charge in [0, 0.05) is 22.8 Å². The van der Waals surface area contributed by atoms with Gasteiger partial charge in [0.05, 0.1) is 31.1 Å². The van der Waals surface area contributed by atoms with Crippen LogP contribution in [0, 0.1) is 24.6 Å². The van der Waals surface area contributed by atoms with E-state index in [0.717, 1.165) is 23.4 Å². The molecule has 3 rings (SSSR count). The van der Waals surface area contributed by atoms with Crippen LogP contribution in [0.5, 0.6) is 6.01 Å². The first kappa shape index (κ1) is 25.8. The standard InChI is InChI=1S/C27H34FN3O2S/c1-5-33-27-30-19(4)24(15-29-26(32)22(17-34)14-18(2)3)31(27)16-21-12-9-13-23(25(21)28)20-10-7-6-8-11-20/h6-13,18,22,34H,5,14-17H2,1-4H3,(H,29,32)/t22-/m1/s1. The van der Waals surface area contributed by atoms with Crippen molar-refractivity contribution in [1.29, 1.82) is 0 Å². The number of thiol groups is 1. The molecule has 182 valence electrons. The zero-order chi connectivity index (χ0) is 24.7. The van der Waals surface area contributed by atoms with Crippen molar-refractivity contribution >= 4 is 18.5 Å². The highest BCUT2D eigenvalue weighted by molar-refractivity contribution is 7.80. The lowest BCUT2D eigenvalue weighted by molar-refractivity contribution is -0.124. The molecule has 0 saturated heterocycles. The summed E-state index contributed by atoms with van der Waals surface area (Å²) in [5, 5.41) is 3.03. The molecule has 1 aromatic heterocycles. The Morgan fingerprint density at radius 3 is 2.56 bits per heavy atom. The summed E-state index contributed by atoms with van der Waals surface area (Å²) in [5.41, 5.74) is 3.44. The van der Waals surface area contributed by atoms with Gasteiger partial charge in [-0.2, -0.15) is 12.6 Å². The third kappa shape index (κ3) is 6.20. The molecule has 1 N–H and O–H groups in total. The Labute approximate surface area is 207 Å². The summed E-state index contributed by atoms with van der Waals surface area (Å²) in [4.78, 5) is 17.3. The average molecular weight is 484 g/mol. The van der Waals surface area contributed by atoms with Gasteiger partial charge in [-0.1, -0.05) is 62.4 Å². The number of amides is 1. The van der Waals surface area contributed by atoms with Gasteiger partial charge in [-0.3, -0.25) is 9.36 Å². The molecule has 0 aliphatic heterocycles. The summed E-state index contributed by atoms with van der Waals surface area (Å²) in [6, 6.07) is 15.3.